The Kier molecular flexibility index (Phi) is 7.27. The number of halogens is 1. The third kappa shape index (κ3) is 4.94. The second-order valence-corrected chi connectivity index (χ2v) is 4.86. The molecule has 1 rings (SSSR count). The molecule has 0 atom stereocenters. The molecule has 0 fully saturated rings. The Bertz CT molecular complexity index is 352. The van der Waals surface area contributed by atoms with Gasteiger partial charge in [0.1, 0.15) is 5.75 Å². The highest BCUT2D eigenvalue weighted by Gasteiger charge is 2.10. The van der Waals surface area contributed by atoms with E-state index in [-0.39, 0.29) is 0 Å². The van der Waals surface area contributed by atoms with Gasteiger partial charge < -0.3 is 14.6 Å². The molecule has 1 N–H and O–H groups in total. The average molecular weight is 318 g/mol. The van der Waals surface area contributed by atoms with Gasteiger partial charge in [0.2, 0.25) is 0 Å². The van der Waals surface area contributed by atoms with E-state index >= 15 is 0 Å². The number of ether oxygens (including phenoxy) is 2. The minimum atomic E-state index is 0.303. The molecule has 0 saturated carbocycles. The van der Waals surface area contributed by atoms with Gasteiger partial charge in [-0.15, -0.1) is 0 Å². The molecule has 18 heavy (non-hydrogen) atoms. The fourth-order valence-electron chi connectivity index (χ4n) is 1.64. The van der Waals surface area contributed by atoms with Crippen LogP contribution in [0.15, 0.2) is 22.7 Å². The molecule has 0 aliphatic heterocycles. The van der Waals surface area contributed by atoms with Crippen LogP contribution in [0.25, 0.3) is 0 Å². The van der Waals surface area contributed by atoms with E-state index in [9.17, 15) is 5.11 Å². The van der Waals surface area contributed by atoms with Crippen molar-refractivity contribution in [3.8, 4) is 5.75 Å². The highest BCUT2D eigenvalue weighted by Crippen LogP contribution is 2.28. The van der Waals surface area contributed by atoms with Crippen molar-refractivity contribution in [1.82, 2.24) is 4.90 Å². The molecular formula is C13H20BrNO3. The number of nitrogens with zero attached hydrogens (tertiary/aromatic N) is 1. The average Bonchev–Trinajstić information content (AvgIpc) is 2.38. The van der Waals surface area contributed by atoms with E-state index in [0.717, 1.165) is 23.1 Å². The van der Waals surface area contributed by atoms with Crippen LogP contribution in [0, 0.1) is 0 Å². The van der Waals surface area contributed by atoms with E-state index in [0.29, 0.717) is 25.5 Å². The number of para-hydroxylation sites is 1. The van der Waals surface area contributed by atoms with Crippen LogP contribution in [0.5, 0.6) is 5.75 Å². The van der Waals surface area contributed by atoms with Crippen molar-refractivity contribution in [3.05, 3.63) is 28.2 Å². The van der Waals surface area contributed by atoms with Gasteiger partial charge in [-0.3, -0.25) is 4.90 Å². The maximum absolute atomic E-state index is 9.96. The predicted molar refractivity (Wildman–Crippen MR) is 74.8 cm³/mol. The summed E-state index contributed by atoms with van der Waals surface area (Å²) in [7, 11) is 3.37. The second-order valence-electron chi connectivity index (χ2n) is 4.01. The van der Waals surface area contributed by atoms with Gasteiger partial charge in [-0.2, -0.15) is 0 Å². The Morgan fingerprint density at radius 2 is 1.78 bits per heavy atom. The molecule has 0 aromatic heterocycles. The third-order valence-corrected chi connectivity index (χ3v) is 3.33. The van der Waals surface area contributed by atoms with Gasteiger partial charge in [0.15, 0.2) is 0 Å². The Balaban J connectivity index is 2.65. The number of phenols is 1. The summed E-state index contributed by atoms with van der Waals surface area (Å²) in [6, 6.07) is 5.67. The normalized spacial score (nSPS) is 11.1. The first-order valence-corrected chi connectivity index (χ1v) is 6.65. The first-order chi connectivity index (χ1) is 8.69. The Morgan fingerprint density at radius 3 is 2.33 bits per heavy atom. The van der Waals surface area contributed by atoms with E-state index in [1.165, 1.54) is 0 Å². The highest BCUT2D eigenvalue weighted by atomic mass is 79.9. The molecule has 4 nitrogen and oxygen atoms in total. The van der Waals surface area contributed by atoms with Crippen LogP contribution >= 0.6 is 15.9 Å². The molecule has 0 unspecified atom stereocenters. The smallest absolute Gasteiger partial charge is 0.134 e. The van der Waals surface area contributed by atoms with E-state index in [2.05, 4.69) is 20.8 Å². The molecule has 0 bridgehead atoms. The van der Waals surface area contributed by atoms with Crippen LogP contribution in [-0.4, -0.2) is 50.5 Å². The lowest BCUT2D eigenvalue weighted by Crippen LogP contribution is -2.30. The summed E-state index contributed by atoms with van der Waals surface area (Å²) in [5, 5.41) is 9.96. The van der Waals surface area contributed by atoms with Gasteiger partial charge in [-0.25, -0.2) is 0 Å². The predicted octanol–water partition coefficient (Wildman–Crippen LogP) is 2.25. The molecule has 0 heterocycles. The zero-order valence-electron chi connectivity index (χ0n) is 10.9. The number of phenolic OH excluding ortho intramolecular Hbond substituents is 1. The van der Waals surface area contributed by atoms with Crippen molar-refractivity contribution in [2.75, 3.05) is 40.5 Å². The number of aromatic hydroxyl groups is 1. The maximum atomic E-state index is 9.96. The van der Waals surface area contributed by atoms with Crippen LogP contribution in [0.3, 0.4) is 0 Å². The molecule has 0 amide bonds. The van der Waals surface area contributed by atoms with Gasteiger partial charge in [-0.05, 0) is 22.0 Å². The van der Waals surface area contributed by atoms with E-state index in [1.807, 2.05) is 18.2 Å². The molecule has 0 aliphatic carbocycles. The lowest BCUT2D eigenvalue weighted by molar-refractivity contribution is 0.110. The highest BCUT2D eigenvalue weighted by molar-refractivity contribution is 9.10. The minimum absolute atomic E-state index is 0.303. The van der Waals surface area contributed by atoms with E-state index in [1.54, 1.807) is 14.2 Å². The summed E-state index contributed by atoms with van der Waals surface area (Å²) in [5.41, 5.74) is 0.900. The second kappa shape index (κ2) is 8.48. The molecule has 1 aromatic rings. The number of benzene rings is 1. The summed E-state index contributed by atoms with van der Waals surface area (Å²) in [4.78, 5) is 2.19. The van der Waals surface area contributed by atoms with Crippen molar-refractivity contribution in [1.29, 1.82) is 0 Å². The topological polar surface area (TPSA) is 41.9 Å². The lowest BCUT2D eigenvalue weighted by atomic mass is 10.2. The van der Waals surface area contributed by atoms with Crippen LogP contribution in [0.2, 0.25) is 0 Å². The Morgan fingerprint density at radius 1 is 1.17 bits per heavy atom. The zero-order valence-corrected chi connectivity index (χ0v) is 12.4. The van der Waals surface area contributed by atoms with Crippen LogP contribution in [0.1, 0.15) is 5.56 Å². The number of rotatable bonds is 8. The number of hydrogen-bond acceptors (Lipinski definition) is 4. The summed E-state index contributed by atoms with van der Waals surface area (Å²) < 4.78 is 10.9. The molecule has 0 spiro atoms. The van der Waals surface area contributed by atoms with Gasteiger partial charge in [-0.1, -0.05) is 12.1 Å². The molecular weight excluding hydrogens is 298 g/mol. The molecule has 102 valence electrons. The van der Waals surface area contributed by atoms with Crippen LogP contribution in [-0.2, 0) is 16.0 Å². The zero-order chi connectivity index (χ0) is 13.4. The molecule has 0 saturated heterocycles. The van der Waals surface area contributed by atoms with Crippen LogP contribution in [0.4, 0.5) is 0 Å². The Labute approximate surface area is 117 Å². The fraction of sp³-hybridized carbons (Fsp3) is 0.538. The van der Waals surface area contributed by atoms with Crippen molar-refractivity contribution in [2.45, 2.75) is 6.54 Å². The summed E-state index contributed by atoms with van der Waals surface area (Å²) in [5.74, 6) is 0.303. The first-order valence-electron chi connectivity index (χ1n) is 5.85. The molecule has 0 radical (unpaired) electrons. The van der Waals surface area contributed by atoms with E-state index < -0.39 is 0 Å². The summed E-state index contributed by atoms with van der Waals surface area (Å²) in [6.07, 6.45) is 0. The van der Waals surface area contributed by atoms with Gasteiger partial charge in [0.25, 0.3) is 0 Å². The first kappa shape index (κ1) is 15.4. The molecule has 5 heteroatoms. The fourth-order valence-corrected chi connectivity index (χ4v) is 2.05. The molecule has 0 aliphatic rings. The monoisotopic (exact) mass is 317 g/mol. The largest absolute Gasteiger partial charge is 0.506 e. The van der Waals surface area contributed by atoms with Gasteiger partial charge >= 0.3 is 0 Å². The quantitative estimate of drug-likeness (QED) is 0.798. The maximum Gasteiger partial charge on any atom is 0.134 e. The Hall–Kier alpha value is -0.620. The van der Waals surface area contributed by atoms with Gasteiger partial charge in [0, 0.05) is 39.4 Å². The standard InChI is InChI=1S/C13H20BrNO3/c1-17-8-6-15(7-9-18-2)10-11-4-3-5-12(14)13(11)16/h3-5,16H,6-10H2,1-2H3. The van der Waals surface area contributed by atoms with E-state index in [4.69, 9.17) is 9.47 Å². The van der Waals surface area contributed by atoms with Crippen molar-refractivity contribution in [2.24, 2.45) is 0 Å². The van der Waals surface area contributed by atoms with Crippen molar-refractivity contribution >= 4 is 15.9 Å². The number of methoxy groups -OCH3 is 2. The molecule has 1 aromatic carbocycles. The SMILES string of the molecule is COCCN(CCOC)Cc1cccc(Br)c1O. The van der Waals surface area contributed by atoms with Crippen molar-refractivity contribution in [3.63, 3.8) is 0 Å². The number of hydrogen-bond donors (Lipinski definition) is 1. The van der Waals surface area contributed by atoms with Crippen LogP contribution < -0.4 is 0 Å². The third-order valence-electron chi connectivity index (χ3n) is 2.69. The summed E-state index contributed by atoms with van der Waals surface area (Å²) >= 11 is 3.32. The minimum Gasteiger partial charge on any atom is -0.506 e. The van der Waals surface area contributed by atoms with Gasteiger partial charge in [0.05, 0.1) is 17.7 Å². The summed E-state index contributed by atoms with van der Waals surface area (Å²) in [6.45, 7) is 3.63. The van der Waals surface area contributed by atoms with Crippen molar-refractivity contribution < 1.29 is 14.6 Å². The lowest BCUT2D eigenvalue weighted by Gasteiger charge is -2.22.